The Hall–Kier alpha value is -1.35. The van der Waals surface area contributed by atoms with Gasteiger partial charge in [-0.2, -0.15) is 0 Å². The smallest absolute Gasteiger partial charge is 0.252 e. The van der Waals surface area contributed by atoms with Gasteiger partial charge in [0.1, 0.15) is 0 Å². The number of amides is 1. The molecule has 0 spiro atoms. The van der Waals surface area contributed by atoms with Crippen LogP contribution in [0.1, 0.15) is 29.8 Å². The normalized spacial score (nSPS) is 11.2. The van der Waals surface area contributed by atoms with E-state index < -0.39 is 0 Å². The molecule has 1 aromatic rings. The first-order valence-electron chi connectivity index (χ1n) is 5.04. The topological polar surface area (TPSA) is 55.1 Å². The molecule has 3 heteroatoms. The van der Waals surface area contributed by atoms with Gasteiger partial charge in [0.05, 0.1) is 0 Å². The van der Waals surface area contributed by atoms with Gasteiger partial charge in [0, 0.05) is 17.6 Å². The lowest BCUT2D eigenvalue weighted by molar-refractivity contribution is 0.0915. The van der Waals surface area contributed by atoms with E-state index in [4.69, 9.17) is 5.73 Å². The summed E-state index contributed by atoms with van der Waals surface area (Å²) in [5.74, 6) is -0.0662. The van der Waals surface area contributed by atoms with E-state index in [1.807, 2.05) is 45.0 Å². The summed E-state index contributed by atoms with van der Waals surface area (Å²) in [6, 6.07) is 7.51. The molecule has 0 radical (unpaired) electrons. The Balaban J connectivity index is 2.83. The zero-order valence-corrected chi connectivity index (χ0v) is 9.50. The van der Waals surface area contributed by atoms with Crippen LogP contribution in [0.2, 0.25) is 0 Å². The second-order valence-electron chi connectivity index (χ2n) is 4.36. The van der Waals surface area contributed by atoms with E-state index in [0.29, 0.717) is 12.1 Å². The van der Waals surface area contributed by atoms with Crippen LogP contribution >= 0.6 is 0 Å². The molecule has 0 atom stereocenters. The molecular formula is C12H18N2O. The minimum absolute atomic E-state index is 0.0662. The van der Waals surface area contributed by atoms with Crippen molar-refractivity contribution in [2.45, 2.75) is 26.3 Å². The van der Waals surface area contributed by atoms with Gasteiger partial charge in [-0.3, -0.25) is 4.79 Å². The van der Waals surface area contributed by atoms with Crippen molar-refractivity contribution >= 4 is 5.91 Å². The molecule has 0 aromatic heterocycles. The van der Waals surface area contributed by atoms with Gasteiger partial charge >= 0.3 is 0 Å². The molecule has 0 saturated heterocycles. The number of benzene rings is 1. The monoisotopic (exact) mass is 206 g/mol. The van der Waals surface area contributed by atoms with Crippen molar-refractivity contribution in [1.82, 2.24) is 5.32 Å². The number of hydrogen-bond acceptors (Lipinski definition) is 2. The first kappa shape index (κ1) is 11.7. The van der Waals surface area contributed by atoms with Crippen molar-refractivity contribution < 1.29 is 4.79 Å². The highest BCUT2D eigenvalue weighted by molar-refractivity contribution is 5.96. The lowest BCUT2D eigenvalue weighted by Crippen LogP contribution is -2.48. The van der Waals surface area contributed by atoms with Crippen molar-refractivity contribution in [2.75, 3.05) is 6.54 Å². The molecular weight excluding hydrogens is 188 g/mol. The molecule has 3 N–H and O–H groups in total. The van der Waals surface area contributed by atoms with E-state index in [-0.39, 0.29) is 11.4 Å². The SMILES string of the molecule is Cc1ccccc1C(=O)NC(C)(C)CN. The third-order valence-corrected chi connectivity index (χ3v) is 2.35. The Morgan fingerprint density at radius 2 is 2.00 bits per heavy atom. The largest absolute Gasteiger partial charge is 0.346 e. The Morgan fingerprint density at radius 1 is 1.40 bits per heavy atom. The van der Waals surface area contributed by atoms with E-state index in [2.05, 4.69) is 5.32 Å². The van der Waals surface area contributed by atoms with Gasteiger partial charge in [-0.15, -0.1) is 0 Å². The number of nitrogens with one attached hydrogen (secondary N) is 1. The zero-order valence-electron chi connectivity index (χ0n) is 9.50. The van der Waals surface area contributed by atoms with Crippen LogP contribution in [0.3, 0.4) is 0 Å². The molecule has 0 aliphatic heterocycles. The average molecular weight is 206 g/mol. The summed E-state index contributed by atoms with van der Waals surface area (Å²) in [6.45, 7) is 6.15. The summed E-state index contributed by atoms with van der Waals surface area (Å²) < 4.78 is 0. The van der Waals surface area contributed by atoms with Gasteiger partial charge in [0.2, 0.25) is 0 Å². The van der Waals surface area contributed by atoms with E-state index in [1.165, 1.54) is 0 Å². The minimum atomic E-state index is -0.362. The number of carbonyl (C=O) groups is 1. The molecule has 82 valence electrons. The highest BCUT2D eigenvalue weighted by Crippen LogP contribution is 2.09. The summed E-state index contributed by atoms with van der Waals surface area (Å²) in [6.07, 6.45) is 0. The third kappa shape index (κ3) is 3.06. The van der Waals surface area contributed by atoms with Crippen molar-refractivity contribution in [3.8, 4) is 0 Å². The van der Waals surface area contributed by atoms with Crippen molar-refractivity contribution in [2.24, 2.45) is 5.73 Å². The molecule has 0 bridgehead atoms. The predicted octanol–water partition coefficient (Wildman–Crippen LogP) is 1.46. The van der Waals surface area contributed by atoms with E-state index in [9.17, 15) is 4.79 Å². The number of hydrogen-bond donors (Lipinski definition) is 2. The molecule has 0 fully saturated rings. The van der Waals surface area contributed by atoms with Crippen molar-refractivity contribution in [3.05, 3.63) is 35.4 Å². The molecule has 0 aliphatic carbocycles. The van der Waals surface area contributed by atoms with Gasteiger partial charge in [-0.05, 0) is 32.4 Å². The first-order valence-corrected chi connectivity index (χ1v) is 5.04. The number of aryl methyl sites for hydroxylation is 1. The lowest BCUT2D eigenvalue weighted by atomic mass is 10.0. The van der Waals surface area contributed by atoms with Crippen LogP contribution in [-0.4, -0.2) is 18.0 Å². The maximum atomic E-state index is 11.9. The lowest BCUT2D eigenvalue weighted by Gasteiger charge is -2.24. The fourth-order valence-corrected chi connectivity index (χ4v) is 1.25. The van der Waals surface area contributed by atoms with Crippen LogP contribution in [0.15, 0.2) is 24.3 Å². The van der Waals surface area contributed by atoms with Crippen LogP contribution in [-0.2, 0) is 0 Å². The Bertz CT molecular complexity index is 358. The zero-order chi connectivity index (χ0) is 11.5. The summed E-state index contributed by atoms with van der Waals surface area (Å²) >= 11 is 0. The Labute approximate surface area is 90.7 Å². The van der Waals surface area contributed by atoms with Gasteiger partial charge in [-0.25, -0.2) is 0 Å². The minimum Gasteiger partial charge on any atom is -0.346 e. The van der Waals surface area contributed by atoms with E-state index in [0.717, 1.165) is 5.56 Å². The first-order chi connectivity index (χ1) is 6.96. The summed E-state index contributed by atoms with van der Waals surface area (Å²) in [5.41, 5.74) is 6.88. The fraction of sp³-hybridized carbons (Fsp3) is 0.417. The Morgan fingerprint density at radius 3 is 2.53 bits per heavy atom. The molecule has 1 amide bonds. The standard InChI is InChI=1S/C12H18N2O/c1-9-6-4-5-7-10(9)11(15)14-12(2,3)8-13/h4-7H,8,13H2,1-3H3,(H,14,15). The maximum Gasteiger partial charge on any atom is 0.252 e. The number of carbonyl (C=O) groups excluding carboxylic acids is 1. The highest BCUT2D eigenvalue weighted by Gasteiger charge is 2.19. The van der Waals surface area contributed by atoms with Gasteiger partial charge in [0.15, 0.2) is 0 Å². The van der Waals surface area contributed by atoms with Crippen LogP contribution < -0.4 is 11.1 Å². The third-order valence-electron chi connectivity index (χ3n) is 2.35. The average Bonchev–Trinajstić information content (AvgIpc) is 2.17. The summed E-state index contributed by atoms with van der Waals surface area (Å²) in [7, 11) is 0. The van der Waals surface area contributed by atoms with Gasteiger partial charge in [-0.1, -0.05) is 18.2 Å². The van der Waals surface area contributed by atoms with Gasteiger partial charge in [0.25, 0.3) is 5.91 Å². The van der Waals surface area contributed by atoms with Crippen LogP contribution in [0.5, 0.6) is 0 Å². The molecule has 1 rings (SSSR count). The summed E-state index contributed by atoms with van der Waals surface area (Å²) in [5, 5.41) is 2.90. The fourth-order valence-electron chi connectivity index (χ4n) is 1.25. The highest BCUT2D eigenvalue weighted by atomic mass is 16.1. The van der Waals surface area contributed by atoms with E-state index in [1.54, 1.807) is 0 Å². The number of rotatable bonds is 3. The molecule has 0 heterocycles. The van der Waals surface area contributed by atoms with Crippen molar-refractivity contribution in [1.29, 1.82) is 0 Å². The number of nitrogens with two attached hydrogens (primary N) is 1. The predicted molar refractivity (Wildman–Crippen MR) is 61.8 cm³/mol. The molecule has 15 heavy (non-hydrogen) atoms. The molecule has 3 nitrogen and oxygen atoms in total. The second-order valence-corrected chi connectivity index (χ2v) is 4.36. The molecule has 0 unspecified atom stereocenters. The van der Waals surface area contributed by atoms with Crippen molar-refractivity contribution in [3.63, 3.8) is 0 Å². The molecule has 1 aromatic carbocycles. The van der Waals surface area contributed by atoms with E-state index >= 15 is 0 Å². The molecule has 0 saturated carbocycles. The summed E-state index contributed by atoms with van der Waals surface area (Å²) in [4.78, 5) is 11.9. The van der Waals surface area contributed by atoms with Crippen LogP contribution in [0.4, 0.5) is 0 Å². The quantitative estimate of drug-likeness (QED) is 0.786. The van der Waals surface area contributed by atoms with Gasteiger partial charge < -0.3 is 11.1 Å². The maximum absolute atomic E-state index is 11.9. The molecule has 0 aliphatic rings. The second kappa shape index (κ2) is 4.45. The van der Waals surface area contributed by atoms with Crippen LogP contribution in [0, 0.1) is 6.92 Å². The van der Waals surface area contributed by atoms with Crippen LogP contribution in [0.25, 0.3) is 0 Å². The Kier molecular flexibility index (Phi) is 3.48.